The summed E-state index contributed by atoms with van der Waals surface area (Å²) in [6, 6.07) is 0. The molecule has 0 aromatic rings. The predicted octanol–water partition coefficient (Wildman–Crippen LogP) is 1.44. The molecule has 1 aliphatic heterocycles. The summed E-state index contributed by atoms with van der Waals surface area (Å²) in [5, 5.41) is 0. The molecule has 0 aromatic carbocycles. The number of hydrogen-bond acceptors (Lipinski definition) is 3. The van der Waals surface area contributed by atoms with E-state index >= 15 is 0 Å². The third-order valence-corrected chi connectivity index (χ3v) is 5.62. The zero-order valence-corrected chi connectivity index (χ0v) is 13.0. The van der Waals surface area contributed by atoms with Crippen LogP contribution in [-0.4, -0.2) is 56.8 Å². The maximum Gasteiger partial charge on any atom is 0.177 e. The van der Waals surface area contributed by atoms with Crippen molar-refractivity contribution < 1.29 is 0 Å². The van der Waals surface area contributed by atoms with Crippen molar-refractivity contribution in [3.05, 3.63) is 0 Å². The van der Waals surface area contributed by atoms with E-state index in [0.29, 0.717) is 6.29 Å². The predicted molar refractivity (Wildman–Crippen MR) is 73.9 cm³/mol. The van der Waals surface area contributed by atoms with Crippen LogP contribution in [0.1, 0.15) is 46.5 Å². The largest absolute Gasteiger partial charge is 0.290 e. The molecule has 1 aliphatic rings. The van der Waals surface area contributed by atoms with E-state index in [4.69, 9.17) is 0 Å². The first-order valence-electron chi connectivity index (χ1n) is 6.92. The highest BCUT2D eigenvalue weighted by Gasteiger charge is 2.37. The molecule has 1 fully saturated rings. The number of nitrogens with zero attached hydrogens (tertiary/aromatic N) is 3. The van der Waals surface area contributed by atoms with Crippen LogP contribution in [0.25, 0.3) is 0 Å². The molecule has 0 N–H and O–H groups in total. The van der Waals surface area contributed by atoms with Gasteiger partial charge in [-0.2, -0.15) is 0 Å². The van der Waals surface area contributed by atoms with E-state index in [2.05, 4.69) is 41.8 Å². The molecule has 0 radical (unpaired) electrons. The van der Waals surface area contributed by atoms with Crippen molar-refractivity contribution in [3.8, 4) is 0 Å². The van der Waals surface area contributed by atoms with Crippen molar-refractivity contribution >= 4 is 9.84 Å². The molecule has 1 saturated heterocycles. The van der Waals surface area contributed by atoms with Gasteiger partial charge in [0.2, 0.25) is 0 Å². The Morgan fingerprint density at radius 2 is 1.75 bits per heavy atom. The molecule has 16 heavy (non-hydrogen) atoms. The summed E-state index contributed by atoms with van der Waals surface area (Å²) in [6.07, 6.45) is 5.95. The Hall–Kier alpha value is 0.0969. The van der Waals surface area contributed by atoms with Gasteiger partial charge in [-0.3, -0.25) is 14.0 Å². The average molecular weight is 243 g/mol. The lowest BCUT2D eigenvalue weighted by molar-refractivity contribution is -0.0272. The molecule has 0 saturated carbocycles. The monoisotopic (exact) mass is 243 g/mol. The van der Waals surface area contributed by atoms with Crippen LogP contribution in [0.2, 0.25) is 0 Å². The molecular formula is C12H29N3Si. The first kappa shape index (κ1) is 14.2. The molecule has 0 bridgehead atoms. The molecule has 0 aliphatic carbocycles. The third-order valence-electron chi connectivity index (χ3n) is 3.48. The second kappa shape index (κ2) is 7.43. The van der Waals surface area contributed by atoms with E-state index in [1.165, 1.54) is 45.3 Å². The highest BCUT2D eigenvalue weighted by molar-refractivity contribution is 6.32. The Bertz CT molecular complexity index is 176. The molecule has 0 spiro atoms. The molecule has 1 rings (SSSR count). The number of unbranched alkanes of at least 4 members (excludes halogenated alkanes) is 2. The first-order chi connectivity index (χ1) is 7.74. The highest BCUT2D eigenvalue weighted by Crippen LogP contribution is 2.19. The Labute approximate surface area is 104 Å². The molecule has 0 aromatic heterocycles. The first-order valence-corrected chi connectivity index (χ1v) is 8.19. The summed E-state index contributed by atoms with van der Waals surface area (Å²) >= 11 is 0. The van der Waals surface area contributed by atoms with E-state index < -0.39 is 0 Å². The number of hydrogen-bond donors (Lipinski definition) is 0. The van der Waals surface area contributed by atoms with Gasteiger partial charge in [-0.15, -0.1) is 0 Å². The zero-order chi connectivity index (χ0) is 12.0. The lowest BCUT2D eigenvalue weighted by Gasteiger charge is -2.54. The topological polar surface area (TPSA) is 9.72 Å². The van der Waals surface area contributed by atoms with Gasteiger partial charge in [0.05, 0.1) is 0 Å². The van der Waals surface area contributed by atoms with Gasteiger partial charge in [0.1, 0.15) is 6.29 Å². The highest BCUT2D eigenvalue weighted by atomic mass is 28.2. The molecule has 96 valence electrons. The summed E-state index contributed by atoms with van der Waals surface area (Å²) in [6.45, 7) is 10.7. The Balaban J connectivity index is 2.37. The van der Waals surface area contributed by atoms with Crippen molar-refractivity contribution in [2.75, 3.05) is 26.7 Å². The maximum atomic E-state index is 2.74. The average Bonchev–Trinajstić information content (AvgIpc) is 2.25. The zero-order valence-electron chi connectivity index (χ0n) is 11.6. The Kier molecular flexibility index (Phi) is 6.57. The van der Waals surface area contributed by atoms with Gasteiger partial charge < -0.3 is 0 Å². The van der Waals surface area contributed by atoms with Crippen molar-refractivity contribution in [2.45, 2.75) is 52.7 Å². The quantitative estimate of drug-likeness (QED) is 0.597. The second-order valence-electron chi connectivity index (χ2n) is 4.89. The summed E-state index contributed by atoms with van der Waals surface area (Å²) < 4.78 is 5.42. The van der Waals surface area contributed by atoms with Crippen LogP contribution < -0.4 is 0 Å². The molecule has 4 heteroatoms. The minimum Gasteiger partial charge on any atom is -0.290 e. The summed E-state index contributed by atoms with van der Waals surface area (Å²) in [4.78, 5) is 2.54. The van der Waals surface area contributed by atoms with Gasteiger partial charge in [0, 0.05) is 6.54 Å². The summed E-state index contributed by atoms with van der Waals surface area (Å²) in [5.41, 5.74) is 0. The van der Waals surface area contributed by atoms with Crippen LogP contribution in [-0.2, 0) is 0 Å². The van der Waals surface area contributed by atoms with E-state index in [1.54, 1.807) is 0 Å². The minimum atomic E-state index is -0.0759. The van der Waals surface area contributed by atoms with E-state index in [9.17, 15) is 0 Å². The van der Waals surface area contributed by atoms with Gasteiger partial charge >= 0.3 is 0 Å². The minimum absolute atomic E-state index is 0.0759. The van der Waals surface area contributed by atoms with Crippen molar-refractivity contribution in [1.29, 1.82) is 0 Å². The maximum absolute atomic E-state index is 2.74. The van der Waals surface area contributed by atoms with Crippen LogP contribution in [0, 0.1) is 0 Å². The summed E-state index contributed by atoms with van der Waals surface area (Å²) in [7, 11) is 2.21. The normalized spacial score (nSPS) is 24.2. The van der Waals surface area contributed by atoms with Crippen LogP contribution in [0.15, 0.2) is 0 Å². The van der Waals surface area contributed by atoms with Gasteiger partial charge in [-0.05, 0) is 33.0 Å². The smallest absolute Gasteiger partial charge is 0.177 e. The standard InChI is InChI=1S/C12H29N3Si/c1-5-8-10-13(4)12-14(7-3)16-15(12)11-9-6-2/h12H,5-11,16H2,1-4H3. The molecule has 0 amide bonds. The van der Waals surface area contributed by atoms with Crippen LogP contribution in [0.4, 0.5) is 0 Å². The van der Waals surface area contributed by atoms with Crippen molar-refractivity contribution in [3.63, 3.8) is 0 Å². The SMILES string of the molecule is CCCCN(C)C1N(CC)[SiH2]N1CCCC. The molecule has 1 heterocycles. The Morgan fingerprint density at radius 1 is 1.06 bits per heavy atom. The van der Waals surface area contributed by atoms with Gasteiger partial charge in [-0.25, -0.2) is 0 Å². The van der Waals surface area contributed by atoms with Gasteiger partial charge in [0.15, 0.2) is 9.84 Å². The van der Waals surface area contributed by atoms with Crippen molar-refractivity contribution in [2.24, 2.45) is 0 Å². The van der Waals surface area contributed by atoms with Crippen LogP contribution in [0.5, 0.6) is 0 Å². The fourth-order valence-electron chi connectivity index (χ4n) is 2.41. The summed E-state index contributed by atoms with van der Waals surface area (Å²) in [5.74, 6) is 0. The lowest BCUT2D eigenvalue weighted by atomic mass is 10.3. The Morgan fingerprint density at radius 3 is 2.31 bits per heavy atom. The van der Waals surface area contributed by atoms with Crippen LogP contribution in [0.3, 0.4) is 0 Å². The molecule has 1 atom stereocenters. The van der Waals surface area contributed by atoms with E-state index in [-0.39, 0.29) is 9.84 Å². The fraction of sp³-hybridized carbons (Fsp3) is 1.00. The van der Waals surface area contributed by atoms with Crippen LogP contribution >= 0.6 is 0 Å². The van der Waals surface area contributed by atoms with Crippen molar-refractivity contribution in [1.82, 2.24) is 14.0 Å². The lowest BCUT2D eigenvalue weighted by Crippen LogP contribution is -2.72. The van der Waals surface area contributed by atoms with E-state index in [0.717, 1.165) is 0 Å². The number of rotatable bonds is 8. The fourth-order valence-corrected chi connectivity index (χ4v) is 4.44. The second-order valence-corrected chi connectivity index (χ2v) is 6.80. The van der Waals surface area contributed by atoms with E-state index in [1.807, 2.05) is 0 Å². The van der Waals surface area contributed by atoms with Gasteiger partial charge in [0.25, 0.3) is 0 Å². The molecule has 1 unspecified atom stereocenters. The molecule has 3 nitrogen and oxygen atoms in total. The molecular weight excluding hydrogens is 214 g/mol. The van der Waals surface area contributed by atoms with Gasteiger partial charge in [-0.1, -0.05) is 33.6 Å². The third kappa shape index (κ3) is 3.55.